The second kappa shape index (κ2) is 4.84. The summed E-state index contributed by atoms with van der Waals surface area (Å²) in [6.45, 7) is 1.24. The van der Waals surface area contributed by atoms with Crippen molar-refractivity contribution >= 4 is 24.4 Å². The van der Waals surface area contributed by atoms with E-state index < -0.39 is 11.9 Å². The number of hydrogen-bond donors (Lipinski definition) is 2. The van der Waals surface area contributed by atoms with E-state index in [1.165, 1.54) is 6.92 Å². The predicted octanol–water partition coefficient (Wildman–Crippen LogP) is -0.286. The standard InChI is InChI=1S/C5H8N2O3S/c1-3(8)6-4(2-11)5(9)7-10/h4,11H,2H2,1H3,(H,6,8). The molecule has 11 heavy (non-hydrogen) atoms. The zero-order valence-electron chi connectivity index (χ0n) is 5.90. The third-order valence-corrected chi connectivity index (χ3v) is 1.31. The SMILES string of the molecule is CC(=O)NC(CS)C(=O)N=O. The van der Waals surface area contributed by atoms with Gasteiger partial charge in [0.25, 0.3) is 0 Å². The van der Waals surface area contributed by atoms with E-state index in [1.807, 2.05) is 0 Å². The van der Waals surface area contributed by atoms with Gasteiger partial charge in [0.2, 0.25) is 5.91 Å². The van der Waals surface area contributed by atoms with E-state index in [4.69, 9.17) is 0 Å². The van der Waals surface area contributed by atoms with Crippen molar-refractivity contribution in [1.82, 2.24) is 5.32 Å². The van der Waals surface area contributed by atoms with Gasteiger partial charge >= 0.3 is 5.91 Å². The molecule has 6 heteroatoms. The molecular formula is C5H8N2O3S. The molecule has 0 aliphatic rings. The first-order chi connectivity index (χ1) is 5.11. The number of carbonyl (C=O) groups excluding carboxylic acids is 2. The van der Waals surface area contributed by atoms with E-state index >= 15 is 0 Å². The van der Waals surface area contributed by atoms with Gasteiger partial charge in [-0.05, 0) is 0 Å². The molecule has 0 bridgehead atoms. The maximum absolute atomic E-state index is 10.5. The minimum absolute atomic E-state index is 0.0736. The van der Waals surface area contributed by atoms with Gasteiger partial charge in [0.1, 0.15) is 6.04 Å². The van der Waals surface area contributed by atoms with Crippen LogP contribution in [0.2, 0.25) is 0 Å². The fourth-order valence-corrected chi connectivity index (χ4v) is 0.742. The maximum atomic E-state index is 10.5. The molecule has 1 atom stereocenters. The highest BCUT2D eigenvalue weighted by Crippen LogP contribution is 1.90. The number of nitroso groups, excluding NO2 is 1. The Bertz CT molecular complexity index is 183. The molecule has 0 fully saturated rings. The van der Waals surface area contributed by atoms with Crippen LogP contribution < -0.4 is 5.32 Å². The van der Waals surface area contributed by atoms with E-state index in [0.717, 1.165) is 0 Å². The van der Waals surface area contributed by atoms with Gasteiger partial charge in [-0.25, -0.2) is 0 Å². The fourth-order valence-electron chi connectivity index (χ4n) is 0.494. The van der Waals surface area contributed by atoms with Crippen LogP contribution in [0.4, 0.5) is 0 Å². The lowest BCUT2D eigenvalue weighted by Crippen LogP contribution is -2.40. The Morgan fingerprint density at radius 1 is 1.64 bits per heavy atom. The number of nitrogens with one attached hydrogen (secondary N) is 1. The smallest absolute Gasteiger partial charge is 0.309 e. The Morgan fingerprint density at radius 3 is 2.45 bits per heavy atom. The van der Waals surface area contributed by atoms with E-state index in [0.29, 0.717) is 0 Å². The molecule has 0 heterocycles. The number of nitrogens with zero attached hydrogens (tertiary/aromatic N) is 1. The highest BCUT2D eigenvalue weighted by Gasteiger charge is 2.17. The van der Waals surface area contributed by atoms with Crippen LogP contribution >= 0.6 is 12.6 Å². The summed E-state index contributed by atoms with van der Waals surface area (Å²) in [4.78, 5) is 30.6. The molecule has 1 N–H and O–H groups in total. The Kier molecular flexibility index (Phi) is 4.44. The summed E-state index contributed by atoms with van der Waals surface area (Å²) >= 11 is 3.75. The lowest BCUT2D eigenvalue weighted by Gasteiger charge is -2.08. The van der Waals surface area contributed by atoms with Crippen LogP contribution in [0.15, 0.2) is 5.18 Å². The molecule has 0 aromatic rings. The summed E-state index contributed by atoms with van der Waals surface area (Å²) in [7, 11) is 0. The molecule has 62 valence electrons. The molecule has 0 saturated carbocycles. The molecule has 2 amide bonds. The Balaban J connectivity index is 4.05. The van der Waals surface area contributed by atoms with E-state index in [1.54, 1.807) is 0 Å². The molecule has 0 spiro atoms. The molecule has 0 aliphatic heterocycles. The van der Waals surface area contributed by atoms with Crippen LogP contribution in [0, 0.1) is 4.91 Å². The molecule has 0 aromatic heterocycles. The van der Waals surface area contributed by atoms with Crippen molar-refractivity contribution in [1.29, 1.82) is 0 Å². The van der Waals surface area contributed by atoms with Crippen LogP contribution in [0.1, 0.15) is 6.92 Å². The summed E-state index contributed by atoms with van der Waals surface area (Å²) in [6, 6.07) is -0.895. The van der Waals surface area contributed by atoms with Crippen LogP contribution in [-0.2, 0) is 9.59 Å². The summed E-state index contributed by atoms with van der Waals surface area (Å²) < 4.78 is 0. The normalized spacial score (nSPS) is 11.8. The van der Waals surface area contributed by atoms with Crippen molar-refractivity contribution in [2.45, 2.75) is 13.0 Å². The number of thiol groups is 1. The summed E-state index contributed by atoms with van der Waals surface area (Å²) in [5.74, 6) is -1.22. The van der Waals surface area contributed by atoms with Crippen molar-refractivity contribution in [3.8, 4) is 0 Å². The first kappa shape index (κ1) is 10.1. The fraction of sp³-hybridized carbons (Fsp3) is 0.600. The van der Waals surface area contributed by atoms with Gasteiger partial charge in [-0.2, -0.15) is 12.6 Å². The molecular weight excluding hydrogens is 168 g/mol. The van der Waals surface area contributed by atoms with Gasteiger partial charge in [-0.3, -0.25) is 9.59 Å². The van der Waals surface area contributed by atoms with Gasteiger partial charge in [0.15, 0.2) is 0 Å². The first-order valence-electron chi connectivity index (χ1n) is 2.87. The van der Waals surface area contributed by atoms with E-state index in [-0.39, 0.29) is 11.7 Å². The molecule has 1 unspecified atom stereocenters. The van der Waals surface area contributed by atoms with Crippen molar-refractivity contribution < 1.29 is 9.59 Å². The summed E-state index contributed by atoms with van der Waals surface area (Å²) in [5.41, 5.74) is 0. The highest BCUT2D eigenvalue weighted by molar-refractivity contribution is 7.80. The predicted molar refractivity (Wildman–Crippen MR) is 42.3 cm³/mol. The average Bonchev–Trinajstić information content (AvgIpc) is 1.98. The third-order valence-electron chi connectivity index (χ3n) is 0.948. The zero-order valence-corrected chi connectivity index (χ0v) is 6.80. The van der Waals surface area contributed by atoms with Gasteiger partial charge in [0, 0.05) is 17.9 Å². The molecule has 0 saturated heterocycles. The van der Waals surface area contributed by atoms with Gasteiger partial charge in [-0.1, -0.05) is 0 Å². The van der Waals surface area contributed by atoms with Crippen molar-refractivity contribution in [3.05, 3.63) is 4.91 Å². The van der Waals surface area contributed by atoms with Crippen LogP contribution in [0.5, 0.6) is 0 Å². The second-order valence-electron chi connectivity index (χ2n) is 1.87. The number of hydrogen-bond acceptors (Lipinski definition) is 4. The largest absolute Gasteiger partial charge is 0.344 e. The lowest BCUT2D eigenvalue weighted by atomic mass is 10.3. The minimum atomic E-state index is -0.907. The zero-order chi connectivity index (χ0) is 8.85. The number of carbonyl (C=O) groups is 2. The maximum Gasteiger partial charge on any atom is 0.309 e. The Morgan fingerprint density at radius 2 is 2.18 bits per heavy atom. The van der Waals surface area contributed by atoms with Crippen molar-refractivity contribution in [2.24, 2.45) is 5.18 Å². The molecule has 0 aliphatic carbocycles. The number of rotatable bonds is 3. The lowest BCUT2D eigenvalue weighted by molar-refractivity contribution is -0.125. The van der Waals surface area contributed by atoms with Gasteiger partial charge in [0.05, 0.1) is 0 Å². The van der Waals surface area contributed by atoms with E-state index in [2.05, 4.69) is 23.1 Å². The topological polar surface area (TPSA) is 75.6 Å². The second-order valence-corrected chi connectivity index (χ2v) is 2.23. The Hall–Kier alpha value is -0.910. The van der Waals surface area contributed by atoms with Crippen LogP contribution in [-0.4, -0.2) is 23.6 Å². The number of amides is 2. The summed E-state index contributed by atoms with van der Waals surface area (Å²) in [6.07, 6.45) is 0. The van der Waals surface area contributed by atoms with Crippen LogP contribution in [0.25, 0.3) is 0 Å². The first-order valence-corrected chi connectivity index (χ1v) is 3.50. The molecule has 0 rings (SSSR count). The molecule has 5 nitrogen and oxygen atoms in total. The Labute approximate surface area is 68.9 Å². The van der Waals surface area contributed by atoms with Crippen LogP contribution in [0.3, 0.4) is 0 Å². The minimum Gasteiger partial charge on any atom is -0.344 e. The molecule has 0 radical (unpaired) electrons. The van der Waals surface area contributed by atoms with Crippen molar-refractivity contribution in [3.63, 3.8) is 0 Å². The monoisotopic (exact) mass is 176 g/mol. The quantitative estimate of drug-likeness (QED) is 0.458. The summed E-state index contributed by atoms with van der Waals surface area (Å²) in [5, 5.41) is 4.38. The van der Waals surface area contributed by atoms with E-state index in [9.17, 15) is 14.5 Å². The third kappa shape index (κ3) is 3.72. The average molecular weight is 176 g/mol. The van der Waals surface area contributed by atoms with Crippen molar-refractivity contribution in [2.75, 3.05) is 5.75 Å². The van der Waals surface area contributed by atoms with Gasteiger partial charge in [-0.15, -0.1) is 4.91 Å². The molecule has 0 aromatic carbocycles. The van der Waals surface area contributed by atoms with Gasteiger partial charge < -0.3 is 5.32 Å². The highest BCUT2D eigenvalue weighted by atomic mass is 32.1.